The number of carbonyl (C=O) groups excluding carboxylic acids is 1. The van der Waals surface area contributed by atoms with Gasteiger partial charge in [-0.1, -0.05) is 6.07 Å². The van der Waals surface area contributed by atoms with Gasteiger partial charge in [0.1, 0.15) is 11.6 Å². The molecule has 19 heavy (non-hydrogen) atoms. The van der Waals surface area contributed by atoms with E-state index < -0.39 is 11.6 Å². The molecule has 1 aliphatic heterocycles. The lowest BCUT2D eigenvalue weighted by molar-refractivity contribution is -0.131. The van der Waals surface area contributed by atoms with E-state index in [1.54, 1.807) is 0 Å². The molecule has 0 radical (unpaired) electrons. The first kappa shape index (κ1) is 13.9. The van der Waals surface area contributed by atoms with Crippen molar-refractivity contribution in [3.05, 3.63) is 35.4 Å². The molecule has 0 spiro atoms. The number of nitrogens with one attached hydrogen (secondary N) is 1. The van der Waals surface area contributed by atoms with E-state index in [0.717, 1.165) is 32.2 Å². The average molecular weight is 268 g/mol. The highest BCUT2D eigenvalue weighted by Gasteiger charge is 2.15. The smallest absolute Gasteiger partial charge is 0.222 e. The Morgan fingerprint density at radius 1 is 1.26 bits per heavy atom. The number of aryl methyl sites for hydroxylation is 1. The van der Waals surface area contributed by atoms with E-state index in [1.807, 2.05) is 4.90 Å². The maximum atomic E-state index is 13.4. The third-order valence-electron chi connectivity index (χ3n) is 3.32. The number of hydrogen-bond donors (Lipinski definition) is 1. The first-order valence-electron chi connectivity index (χ1n) is 6.59. The van der Waals surface area contributed by atoms with Crippen molar-refractivity contribution in [2.75, 3.05) is 26.2 Å². The number of benzene rings is 1. The van der Waals surface area contributed by atoms with Crippen LogP contribution in [0.3, 0.4) is 0 Å². The molecule has 1 aliphatic rings. The Hall–Kier alpha value is -1.49. The summed E-state index contributed by atoms with van der Waals surface area (Å²) in [4.78, 5) is 13.7. The molecular weight excluding hydrogens is 250 g/mol. The molecule has 1 fully saturated rings. The zero-order valence-corrected chi connectivity index (χ0v) is 10.8. The number of hydrogen-bond acceptors (Lipinski definition) is 2. The predicted octanol–water partition coefficient (Wildman–Crippen LogP) is 1.72. The van der Waals surface area contributed by atoms with Gasteiger partial charge < -0.3 is 10.2 Å². The zero-order chi connectivity index (χ0) is 13.7. The van der Waals surface area contributed by atoms with Crippen molar-refractivity contribution < 1.29 is 13.6 Å². The van der Waals surface area contributed by atoms with Crippen LogP contribution in [0, 0.1) is 11.6 Å². The molecule has 3 nitrogen and oxygen atoms in total. The van der Waals surface area contributed by atoms with Gasteiger partial charge >= 0.3 is 0 Å². The highest BCUT2D eigenvalue weighted by atomic mass is 19.1. The fraction of sp³-hybridized carbons (Fsp3) is 0.500. The summed E-state index contributed by atoms with van der Waals surface area (Å²) in [6.07, 6.45) is 1.46. The van der Waals surface area contributed by atoms with Gasteiger partial charge in [-0.3, -0.25) is 4.79 Å². The molecule has 1 N–H and O–H groups in total. The minimum Gasteiger partial charge on any atom is -0.340 e. The minimum absolute atomic E-state index is 0.115. The number of carbonyl (C=O) groups is 1. The van der Waals surface area contributed by atoms with Crippen LogP contribution < -0.4 is 5.32 Å². The Kier molecular flexibility index (Phi) is 4.85. The Morgan fingerprint density at radius 3 is 2.68 bits per heavy atom. The third-order valence-corrected chi connectivity index (χ3v) is 3.32. The average Bonchev–Trinajstić information content (AvgIpc) is 2.42. The molecule has 0 bridgehead atoms. The monoisotopic (exact) mass is 268 g/mol. The molecule has 1 amide bonds. The SMILES string of the molecule is O=C(CCCc1ccc(F)cc1F)N1CCNCC1. The summed E-state index contributed by atoms with van der Waals surface area (Å²) in [5.41, 5.74) is 0.467. The molecule has 0 atom stereocenters. The summed E-state index contributed by atoms with van der Waals surface area (Å²) in [7, 11) is 0. The van der Waals surface area contributed by atoms with Crippen LogP contribution in [0.15, 0.2) is 18.2 Å². The summed E-state index contributed by atoms with van der Waals surface area (Å²) in [6.45, 7) is 3.14. The molecule has 5 heteroatoms. The van der Waals surface area contributed by atoms with Crippen molar-refractivity contribution in [3.63, 3.8) is 0 Å². The highest BCUT2D eigenvalue weighted by Crippen LogP contribution is 2.13. The van der Waals surface area contributed by atoms with Crippen LogP contribution in [0.4, 0.5) is 8.78 Å². The Morgan fingerprint density at radius 2 is 2.00 bits per heavy atom. The fourth-order valence-corrected chi connectivity index (χ4v) is 2.23. The van der Waals surface area contributed by atoms with Crippen LogP contribution in [0.25, 0.3) is 0 Å². The first-order chi connectivity index (χ1) is 9.16. The Balaban J connectivity index is 1.78. The summed E-state index contributed by atoms with van der Waals surface area (Å²) in [5, 5.41) is 3.19. The first-order valence-corrected chi connectivity index (χ1v) is 6.59. The maximum absolute atomic E-state index is 13.4. The summed E-state index contributed by atoms with van der Waals surface area (Å²) >= 11 is 0. The molecule has 1 heterocycles. The van der Waals surface area contributed by atoms with Crippen molar-refractivity contribution in [3.8, 4) is 0 Å². The van der Waals surface area contributed by atoms with Crippen molar-refractivity contribution in [2.45, 2.75) is 19.3 Å². The molecular formula is C14H18F2N2O. The number of halogens is 2. The van der Waals surface area contributed by atoms with Gasteiger partial charge in [0.25, 0.3) is 0 Å². The van der Waals surface area contributed by atoms with Crippen LogP contribution in [0.2, 0.25) is 0 Å². The predicted molar refractivity (Wildman–Crippen MR) is 68.7 cm³/mol. The van der Waals surface area contributed by atoms with Crippen molar-refractivity contribution in [2.24, 2.45) is 0 Å². The second-order valence-electron chi connectivity index (χ2n) is 4.72. The normalized spacial score (nSPS) is 15.6. The second-order valence-corrected chi connectivity index (χ2v) is 4.72. The maximum Gasteiger partial charge on any atom is 0.222 e. The van der Waals surface area contributed by atoms with Crippen LogP contribution >= 0.6 is 0 Å². The van der Waals surface area contributed by atoms with Crippen LogP contribution in [0.1, 0.15) is 18.4 Å². The van der Waals surface area contributed by atoms with E-state index in [9.17, 15) is 13.6 Å². The van der Waals surface area contributed by atoms with Crippen LogP contribution in [0.5, 0.6) is 0 Å². The quantitative estimate of drug-likeness (QED) is 0.901. The van der Waals surface area contributed by atoms with Gasteiger partial charge in [0, 0.05) is 38.7 Å². The standard InChI is InChI=1S/C14H18F2N2O/c15-12-5-4-11(13(16)10-12)2-1-3-14(19)18-8-6-17-7-9-18/h4-5,10,17H,1-3,6-9H2. The van der Waals surface area contributed by atoms with Crippen LogP contribution in [-0.2, 0) is 11.2 Å². The van der Waals surface area contributed by atoms with Gasteiger partial charge in [-0.2, -0.15) is 0 Å². The molecule has 1 aromatic rings. The van der Waals surface area contributed by atoms with E-state index in [4.69, 9.17) is 0 Å². The fourth-order valence-electron chi connectivity index (χ4n) is 2.23. The van der Waals surface area contributed by atoms with Gasteiger partial charge in [-0.05, 0) is 24.5 Å². The Labute approximate surface area is 111 Å². The van der Waals surface area contributed by atoms with E-state index in [0.29, 0.717) is 24.8 Å². The lowest BCUT2D eigenvalue weighted by atomic mass is 10.1. The number of nitrogens with zero attached hydrogens (tertiary/aromatic N) is 1. The molecule has 0 aromatic heterocycles. The molecule has 0 aliphatic carbocycles. The lowest BCUT2D eigenvalue weighted by Gasteiger charge is -2.27. The summed E-state index contributed by atoms with van der Waals surface area (Å²) in [6, 6.07) is 3.57. The number of piperazine rings is 1. The van der Waals surface area contributed by atoms with Gasteiger partial charge in [-0.15, -0.1) is 0 Å². The molecule has 104 valence electrons. The molecule has 2 rings (SSSR count). The number of rotatable bonds is 4. The highest BCUT2D eigenvalue weighted by molar-refractivity contribution is 5.76. The van der Waals surface area contributed by atoms with Crippen molar-refractivity contribution in [1.29, 1.82) is 0 Å². The summed E-state index contributed by atoms with van der Waals surface area (Å²) < 4.78 is 26.1. The number of amides is 1. The van der Waals surface area contributed by atoms with Gasteiger partial charge in [0.2, 0.25) is 5.91 Å². The summed E-state index contributed by atoms with van der Waals surface area (Å²) in [5.74, 6) is -0.989. The lowest BCUT2D eigenvalue weighted by Crippen LogP contribution is -2.46. The topological polar surface area (TPSA) is 32.3 Å². The minimum atomic E-state index is -0.571. The molecule has 0 unspecified atom stereocenters. The largest absolute Gasteiger partial charge is 0.340 e. The van der Waals surface area contributed by atoms with E-state index in [2.05, 4.69) is 5.32 Å². The van der Waals surface area contributed by atoms with Crippen molar-refractivity contribution in [1.82, 2.24) is 10.2 Å². The molecule has 1 saturated heterocycles. The van der Waals surface area contributed by atoms with E-state index in [1.165, 1.54) is 12.1 Å². The van der Waals surface area contributed by atoms with E-state index in [-0.39, 0.29) is 5.91 Å². The van der Waals surface area contributed by atoms with Gasteiger partial charge in [0.05, 0.1) is 0 Å². The second kappa shape index (κ2) is 6.61. The molecule has 1 aromatic carbocycles. The van der Waals surface area contributed by atoms with Gasteiger partial charge in [-0.25, -0.2) is 8.78 Å². The third kappa shape index (κ3) is 3.99. The van der Waals surface area contributed by atoms with Crippen LogP contribution in [-0.4, -0.2) is 37.0 Å². The van der Waals surface area contributed by atoms with Gasteiger partial charge in [0.15, 0.2) is 0 Å². The van der Waals surface area contributed by atoms with Crippen molar-refractivity contribution >= 4 is 5.91 Å². The molecule has 0 saturated carbocycles. The Bertz CT molecular complexity index is 445. The van der Waals surface area contributed by atoms with E-state index >= 15 is 0 Å². The zero-order valence-electron chi connectivity index (χ0n) is 10.8.